The Morgan fingerprint density at radius 2 is 2.00 bits per heavy atom. The van der Waals surface area contributed by atoms with Crippen molar-refractivity contribution in [2.45, 2.75) is 32.6 Å². The summed E-state index contributed by atoms with van der Waals surface area (Å²) in [5.74, 6) is 1.27. The fourth-order valence-corrected chi connectivity index (χ4v) is 1.67. The summed E-state index contributed by atoms with van der Waals surface area (Å²) in [6, 6.07) is 5.76. The maximum atomic E-state index is 5.84. The Balaban J connectivity index is 2.32. The first-order chi connectivity index (χ1) is 8.45. The van der Waals surface area contributed by atoms with E-state index in [2.05, 4.69) is 35.7 Å². The number of rotatable bonds is 2. The molecule has 0 aromatic carbocycles. The van der Waals surface area contributed by atoms with Crippen molar-refractivity contribution in [1.82, 2.24) is 15.0 Å². The first kappa shape index (κ1) is 12.5. The smallest absolute Gasteiger partial charge is 0.135 e. The van der Waals surface area contributed by atoms with Crippen LogP contribution in [0.2, 0.25) is 0 Å². The molecule has 0 bridgehead atoms. The van der Waals surface area contributed by atoms with Gasteiger partial charge in [0, 0.05) is 30.3 Å². The van der Waals surface area contributed by atoms with E-state index in [-0.39, 0.29) is 5.41 Å². The molecule has 2 aromatic heterocycles. The Labute approximate surface area is 107 Å². The van der Waals surface area contributed by atoms with Crippen molar-refractivity contribution >= 4 is 5.82 Å². The van der Waals surface area contributed by atoms with Crippen LogP contribution in [-0.2, 0) is 11.8 Å². The number of nitrogens with zero attached hydrogens (tertiary/aromatic N) is 3. The summed E-state index contributed by atoms with van der Waals surface area (Å²) < 4.78 is 0. The normalized spacial score (nSPS) is 11.5. The van der Waals surface area contributed by atoms with Gasteiger partial charge in [-0.25, -0.2) is 9.97 Å². The van der Waals surface area contributed by atoms with Gasteiger partial charge in [0.2, 0.25) is 0 Å². The number of aromatic nitrogens is 3. The molecule has 0 fully saturated rings. The van der Waals surface area contributed by atoms with Gasteiger partial charge in [0.1, 0.15) is 11.6 Å². The summed E-state index contributed by atoms with van der Waals surface area (Å²) in [5.41, 5.74) is 7.87. The minimum absolute atomic E-state index is 0.0270. The van der Waals surface area contributed by atoms with Crippen LogP contribution >= 0.6 is 0 Å². The van der Waals surface area contributed by atoms with E-state index in [1.165, 1.54) is 0 Å². The van der Waals surface area contributed by atoms with Crippen LogP contribution in [0.3, 0.4) is 0 Å². The van der Waals surface area contributed by atoms with E-state index in [4.69, 9.17) is 5.73 Å². The van der Waals surface area contributed by atoms with Crippen molar-refractivity contribution in [3.63, 3.8) is 0 Å². The van der Waals surface area contributed by atoms with Crippen LogP contribution in [-0.4, -0.2) is 15.0 Å². The lowest BCUT2D eigenvalue weighted by Gasteiger charge is -2.18. The molecule has 4 heteroatoms. The van der Waals surface area contributed by atoms with Gasteiger partial charge in [-0.05, 0) is 11.6 Å². The van der Waals surface area contributed by atoms with Gasteiger partial charge in [0.15, 0.2) is 0 Å². The van der Waals surface area contributed by atoms with Gasteiger partial charge in [-0.3, -0.25) is 4.98 Å². The molecule has 0 spiro atoms. The van der Waals surface area contributed by atoms with Crippen molar-refractivity contribution in [3.8, 4) is 0 Å². The first-order valence-corrected chi connectivity index (χ1v) is 5.98. The largest absolute Gasteiger partial charge is 0.384 e. The molecule has 4 nitrogen and oxygen atoms in total. The highest BCUT2D eigenvalue weighted by Crippen LogP contribution is 2.21. The second-order valence-corrected chi connectivity index (χ2v) is 5.38. The third kappa shape index (κ3) is 3.03. The van der Waals surface area contributed by atoms with Crippen LogP contribution in [0.25, 0.3) is 0 Å². The molecule has 0 aliphatic heterocycles. The quantitative estimate of drug-likeness (QED) is 0.878. The predicted octanol–water partition coefficient (Wildman–Crippen LogP) is 2.34. The first-order valence-electron chi connectivity index (χ1n) is 5.98. The molecule has 2 aromatic rings. The highest BCUT2D eigenvalue weighted by Gasteiger charge is 2.17. The third-order valence-electron chi connectivity index (χ3n) is 2.65. The predicted molar refractivity (Wildman–Crippen MR) is 72.2 cm³/mol. The van der Waals surface area contributed by atoms with E-state index >= 15 is 0 Å². The van der Waals surface area contributed by atoms with Crippen LogP contribution in [0.4, 0.5) is 5.82 Å². The molecule has 0 amide bonds. The second-order valence-electron chi connectivity index (χ2n) is 5.38. The van der Waals surface area contributed by atoms with Gasteiger partial charge in [0.05, 0.1) is 5.69 Å². The van der Waals surface area contributed by atoms with Gasteiger partial charge >= 0.3 is 0 Å². The molecule has 0 saturated carbocycles. The zero-order chi connectivity index (χ0) is 13.2. The van der Waals surface area contributed by atoms with E-state index in [1.807, 2.05) is 24.4 Å². The molecule has 0 radical (unpaired) electrons. The summed E-state index contributed by atoms with van der Waals surface area (Å²) in [6.45, 7) is 6.34. The summed E-state index contributed by atoms with van der Waals surface area (Å²) in [7, 11) is 0. The SMILES string of the molecule is CC(C)(C)c1cc(N)nc(Cc2cccnc2)n1. The Morgan fingerprint density at radius 3 is 2.61 bits per heavy atom. The number of pyridine rings is 1. The zero-order valence-electron chi connectivity index (χ0n) is 11.0. The second kappa shape index (κ2) is 4.72. The van der Waals surface area contributed by atoms with Crippen LogP contribution in [0, 0.1) is 0 Å². The average molecular weight is 242 g/mol. The van der Waals surface area contributed by atoms with Crippen LogP contribution in [0.15, 0.2) is 30.6 Å². The zero-order valence-corrected chi connectivity index (χ0v) is 11.0. The van der Waals surface area contributed by atoms with Gasteiger partial charge in [-0.15, -0.1) is 0 Å². The highest BCUT2D eigenvalue weighted by atomic mass is 14.9. The van der Waals surface area contributed by atoms with Crippen molar-refractivity contribution < 1.29 is 0 Å². The van der Waals surface area contributed by atoms with E-state index in [0.29, 0.717) is 12.2 Å². The highest BCUT2D eigenvalue weighted by molar-refractivity contribution is 5.33. The molecule has 0 aliphatic rings. The summed E-state index contributed by atoms with van der Waals surface area (Å²) in [4.78, 5) is 13.0. The lowest BCUT2D eigenvalue weighted by atomic mass is 9.92. The number of nitrogen functional groups attached to an aromatic ring is 1. The number of nitrogens with two attached hydrogens (primary N) is 1. The van der Waals surface area contributed by atoms with Crippen molar-refractivity contribution in [2.24, 2.45) is 0 Å². The lowest BCUT2D eigenvalue weighted by molar-refractivity contribution is 0.563. The molecule has 0 unspecified atom stereocenters. The van der Waals surface area contributed by atoms with Crippen LogP contribution < -0.4 is 5.73 Å². The summed E-state index contributed by atoms with van der Waals surface area (Å²) >= 11 is 0. The van der Waals surface area contributed by atoms with Gasteiger partial charge in [-0.1, -0.05) is 26.8 Å². The van der Waals surface area contributed by atoms with Crippen molar-refractivity contribution in [2.75, 3.05) is 5.73 Å². The van der Waals surface area contributed by atoms with E-state index in [1.54, 1.807) is 6.20 Å². The Bertz CT molecular complexity index is 529. The molecule has 18 heavy (non-hydrogen) atoms. The Kier molecular flexibility index (Phi) is 3.28. The average Bonchev–Trinajstić information content (AvgIpc) is 2.28. The maximum absolute atomic E-state index is 5.84. The molecule has 2 rings (SSSR count). The monoisotopic (exact) mass is 242 g/mol. The number of anilines is 1. The van der Waals surface area contributed by atoms with Crippen molar-refractivity contribution in [3.05, 3.63) is 47.7 Å². The Morgan fingerprint density at radius 1 is 1.22 bits per heavy atom. The molecule has 0 saturated heterocycles. The number of hydrogen-bond acceptors (Lipinski definition) is 4. The fraction of sp³-hybridized carbons (Fsp3) is 0.357. The molecule has 94 valence electrons. The van der Waals surface area contributed by atoms with E-state index < -0.39 is 0 Å². The fourth-order valence-electron chi connectivity index (χ4n) is 1.67. The molecule has 2 heterocycles. The number of hydrogen-bond donors (Lipinski definition) is 1. The van der Waals surface area contributed by atoms with Crippen LogP contribution in [0.1, 0.15) is 37.9 Å². The minimum Gasteiger partial charge on any atom is -0.384 e. The third-order valence-corrected chi connectivity index (χ3v) is 2.65. The standard InChI is InChI=1S/C14H18N4/c1-14(2,3)11-8-12(15)18-13(17-11)7-10-5-4-6-16-9-10/h4-6,8-9H,7H2,1-3H3,(H2,15,17,18). The van der Waals surface area contributed by atoms with E-state index in [9.17, 15) is 0 Å². The lowest BCUT2D eigenvalue weighted by Crippen LogP contribution is -2.16. The maximum Gasteiger partial charge on any atom is 0.135 e. The molecular formula is C14H18N4. The van der Waals surface area contributed by atoms with Gasteiger partial charge in [0.25, 0.3) is 0 Å². The minimum atomic E-state index is -0.0270. The molecule has 0 aliphatic carbocycles. The molecule has 2 N–H and O–H groups in total. The Hall–Kier alpha value is -1.97. The summed E-state index contributed by atoms with van der Waals surface area (Å²) in [6.07, 6.45) is 4.23. The van der Waals surface area contributed by atoms with Gasteiger partial charge < -0.3 is 5.73 Å². The molecular weight excluding hydrogens is 224 g/mol. The van der Waals surface area contributed by atoms with Gasteiger partial charge in [-0.2, -0.15) is 0 Å². The molecule has 0 atom stereocenters. The van der Waals surface area contributed by atoms with Crippen molar-refractivity contribution in [1.29, 1.82) is 0 Å². The topological polar surface area (TPSA) is 64.7 Å². The van der Waals surface area contributed by atoms with Crippen LogP contribution in [0.5, 0.6) is 0 Å². The summed E-state index contributed by atoms with van der Waals surface area (Å²) in [5, 5.41) is 0. The van der Waals surface area contributed by atoms with E-state index in [0.717, 1.165) is 17.1 Å².